The molecule has 1 atom stereocenters. The van der Waals surface area contributed by atoms with E-state index in [0.29, 0.717) is 27.4 Å². The average Bonchev–Trinajstić information content (AvgIpc) is 3.33. The number of amides is 1. The van der Waals surface area contributed by atoms with E-state index in [2.05, 4.69) is 10.3 Å². The van der Waals surface area contributed by atoms with Crippen LogP contribution in [0.5, 0.6) is 0 Å². The number of aromatic nitrogens is 2. The van der Waals surface area contributed by atoms with Crippen molar-refractivity contribution in [3.05, 3.63) is 124 Å². The molecule has 0 bridgehead atoms. The van der Waals surface area contributed by atoms with Crippen LogP contribution in [0.3, 0.4) is 0 Å². The van der Waals surface area contributed by atoms with Gasteiger partial charge in [0.15, 0.2) is 5.78 Å². The molecule has 0 saturated carbocycles. The minimum Gasteiger partial charge on any atom is -0.355 e. The van der Waals surface area contributed by atoms with E-state index >= 15 is 0 Å². The number of fused-ring (bicyclic) bond motifs is 1. The maximum Gasteiger partial charge on any atom is 0.254 e. The van der Waals surface area contributed by atoms with Crippen LogP contribution < -0.4 is 5.32 Å². The first kappa shape index (κ1) is 28.1. The van der Waals surface area contributed by atoms with Crippen LogP contribution in [0.2, 0.25) is 5.02 Å². The van der Waals surface area contributed by atoms with Crippen molar-refractivity contribution in [1.29, 1.82) is 0 Å². The third kappa shape index (κ3) is 6.33. The summed E-state index contributed by atoms with van der Waals surface area (Å²) in [4.78, 5) is 30.3. The quantitative estimate of drug-likeness (QED) is 0.203. The molecule has 0 unspecified atom stereocenters. The number of rotatable bonds is 9. The van der Waals surface area contributed by atoms with Crippen LogP contribution in [0.15, 0.2) is 85.2 Å². The molecule has 1 N–H and O–H groups in total. The molecule has 1 amide bonds. The van der Waals surface area contributed by atoms with Gasteiger partial charge in [-0.05, 0) is 71.5 Å². The fraction of sp³-hybridized carbons (Fsp3) is 0.156. The van der Waals surface area contributed by atoms with Gasteiger partial charge in [-0.3, -0.25) is 14.6 Å². The topological polar surface area (TPSA) is 64.0 Å². The lowest BCUT2D eigenvalue weighted by atomic mass is 9.86. The smallest absolute Gasteiger partial charge is 0.254 e. The zero-order chi connectivity index (χ0) is 29.1. The lowest BCUT2D eigenvalue weighted by molar-refractivity contribution is -0.120. The molecule has 0 fully saturated rings. The summed E-state index contributed by atoms with van der Waals surface area (Å²) in [6, 6.07) is 18.2. The molecule has 3 aromatic carbocycles. The zero-order valence-electron chi connectivity index (χ0n) is 22.0. The van der Waals surface area contributed by atoms with Gasteiger partial charge in [0.25, 0.3) is 5.91 Å². The Balaban J connectivity index is 1.53. The van der Waals surface area contributed by atoms with Crippen LogP contribution in [0.25, 0.3) is 22.0 Å². The van der Waals surface area contributed by atoms with E-state index in [0.717, 1.165) is 17.0 Å². The molecule has 0 aliphatic rings. The Morgan fingerprint density at radius 2 is 1.76 bits per heavy atom. The molecule has 41 heavy (non-hydrogen) atoms. The fourth-order valence-corrected chi connectivity index (χ4v) is 5.26. The van der Waals surface area contributed by atoms with Gasteiger partial charge in [0, 0.05) is 53.9 Å². The summed E-state index contributed by atoms with van der Waals surface area (Å²) in [5.74, 6) is -3.44. The summed E-state index contributed by atoms with van der Waals surface area (Å²) in [6.07, 6.45) is 3.49. The Labute approximate surface area is 239 Å². The van der Waals surface area contributed by atoms with E-state index in [1.807, 2.05) is 12.1 Å². The zero-order valence-corrected chi connectivity index (χ0v) is 22.8. The Morgan fingerprint density at radius 3 is 2.51 bits per heavy atom. The first-order valence-electron chi connectivity index (χ1n) is 12.9. The van der Waals surface area contributed by atoms with Gasteiger partial charge in [0.05, 0.1) is 17.8 Å². The molecule has 5 rings (SSSR count). The molecule has 9 heteroatoms. The highest BCUT2D eigenvalue weighted by Gasteiger charge is 2.24. The normalized spacial score (nSPS) is 11.9. The summed E-state index contributed by atoms with van der Waals surface area (Å²) in [5.41, 5.74) is 2.60. The van der Waals surface area contributed by atoms with Crippen molar-refractivity contribution < 1.29 is 22.8 Å². The van der Waals surface area contributed by atoms with Crippen molar-refractivity contribution in [3.63, 3.8) is 0 Å². The van der Waals surface area contributed by atoms with Crippen molar-refractivity contribution in [2.24, 2.45) is 0 Å². The number of carbonyl (C=O) groups excluding carboxylic acids is 2. The fourth-order valence-electron chi connectivity index (χ4n) is 5.09. The van der Waals surface area contributed by atoms with Crippen molar-refractivity contribution in [3.8, 4) is 11.1 Å². The standard InChI is InChI=1S/C32H25ClF3N3O2/c1-37-32(41)28-15-21(5-7-29(28)36)27-3-2-9-38-31(27)22(11-19-12-24(34)17-25(35)13-19)14-26(40)18-39-10-8-20-4-6-23(33)16-30(20)39/h2-10,12-13,15-17,22H,11,14,18H2,1H3,(H,37,41)/t22-/m1/s1. The second-order valence-corrected chi connectivity index (χ2v) is 10.2. The number of benzene rings is 3. The van der Waals surface area contributed by atoms with Gasteiger partial charge in [-0.25, -0.2) is 13.2 Å². The maximum atomic E-state index is 14.4. The lowest BCUT2D eigenvalue weighted by Gasteiger charge is -2.20. The van der Waals surface area contributed by atoms with Gasteiger partial charge in [0.2, 0.25) is 0 Å². The highest BCUT2D eigenvalue weighted by molar-refractivity contribution is 6.31. The summed E-state index contributed by atoms with van der Waals surface area (Å²) < 4.78 is 44.4. The van der Waals surface area contributed by atoms with Crippen molar-refractivity contribution in [1.82, 2.24) is 14.9 Å². The molecule has 0 radical (unpaired) electrons. The number of hydrogen-bond donors (Lipinski definition) is 1. The van der Waals surface area contributed by atoms with Crippen LogP contribution >= 0.6 is 11.6 Å². The summed E-state index contributed by atoms with van der Waals surface area (Å²) in [5, 5.41) is 3.90. The largest absolute Gasteiger partial charge is 0.355 e. The average molecular weight is 576 g/mol. The highest BCUT2D eigenvalue weighted by atomic mass is 35.5. The van der Waals surface area contributed by atoms with Gasteiger partial charge in [-0.2, -0.15) is 0 Å². The van der Waals surface area contributed by atoms with Crippen molar-refractivity contribution >= 4 is 34.2 Å². The molecular formula is C32H25ClF3N3O2. The Hall–Kier alpha value is -4.43. The Morgan fingerprint density at radius 1 is 0.976 bits per heavy atom. The van der Waals surface area contributed by atoms with Gasteiger partial charge in [0.1, 0.15) is 17.5 Å². The lowest BCUT2D eigenvalue weighted by Crippen LogP contribution is -2.19. The van der Waals surface area contributed by atoms with E-state index in [1.165, 1.54) is 37.4 Å². The molecule has 2 heterocycles. The minimum atomic E-state index is -0.726. The predicted molar refractivity (Wildman–Crippen MR) is 152 cm³/mol. The van der Waals surface area contributed by atoms with Crippen LogP contribution in [0.1, 0.15) is 34.0 Å². The molecule has 5 nitrogen and oxygen atoms in total. The van der Waals surface area contributed by atoms with Gasteiger partial charge in [-0.15, -0.1) is 0 Å². The van der Waals surface area contributed by atoms with Crippen LogP contribution in [0, 0.1) is 17.5 Å². The number of nitrogens with one attached hydrogen (secondary N) is 1. The van der Waals surface area contributed by atoms with E-state index in [1.54, 1.807) is 41.2 Å². The molecule has 0 spiro atoms. The van der Waals surface area contributed by atoms with Gasteiger partial charge < -0.3 is 9.88 Å². The molecule has 0 saturated heterocycles. The van der Waals surface area contributed by atoms with Crippen LogP contribution in [0.4, 0.5) is 13.2 Å². The molecular weight excluding hydrogens is 551 g/mol. The number of carbonyl (C=O) groups is 2. The summed E-state index contributed by atoms with van der Waals surface area (Å²) >= 11 is 6.17. The van der Waals surface area contributed by atoms with Crippen molar-refractivity contribution in [2.45, 2.75) is 25.3 Å². The predicted octanol–water partition coefficient (Wildman–Crippen LogP) is 7.12. The Bertz CT molecular complexity index is 1750. The minimum absolute atomic E-state index is 0.00584. The number of pyridine rings is 1. The van der Waals surface area contributed by atoms with E-state index in [-0.39, 0.29) is 30.7 Å². The molecule has 208 valence electrons. The van der Waals surface area contributed by atoms with Crippen LogP contribution in [-0.2, 0) is 17.8 Å². The second-order valence-electron chi connectivity index (χ2n) is 9.78. The SMILES string of the molecule is CNC(=O)c1cc(-c2cccnc2[C@@H](CC(=O)Cn2ccc3ccc(Cl)cc32)Cc2cc(F)cc(F)c2)ccc1F. The highest BCUT2D eigenvalue weighted by Crippen LogP contribution is 2.34. The number of hydrogen-bond acceptors (Lipinski definition) is 3. The summed E-state index contributed by atoms with van der Waals surface area (Å²) in [6.45, 7) is 0.0530. The number of Topliss-reactive ketones (excluding diaryl/α,β-unsaturated/α-hetero) is 1. The maximum absolute atomic E-state index is 14.4. The van der Waals surface area contributed by atoms with Gasteiger partial charge >= 0.3 is 0 Å². The van der Waals surface area contributed by atoms with Crippen molar-refractivity contribution in [2.75, 3.05) is 7.05 Å². The third-order valence-electron chi connectivity index (χ3n) is 6.94. The number of halogens is 4. The molecule has 0 aliphatic carbocycles. The first-order chi connectivity index (χ1) is 19.7. The first-order valence-corrected chi connectivity index (χ1v) is 13.3. The summed E-state index contributed by atoms with van der Waals surface area (Å²) in [7, 11) is 1.41. The monoisotopic (exact) mass is 575 g/mol. The second kappa shape index (κ2) is 12.0. The molecule has 2 aromatic heterocycles. The van der Waals surface area contributed by atoms with E-state index < -0.39 is 29.3 Å². The third-order valence-corrected chi connectivity index (χ3v) is 7.17. The number of nitrogens with zero attached hydrogens (tertiary/aromatic N) is 2. The van der Waals surface area contributed by atoms with Crippen LogP contribution in [-0.4, -0.2) is 28.3 Å². The molecule has 5 aromatic rings. The number of ketones is 1. The van der Waals surface area contributed by atoms with E-state index in [9.17, 15) is 22.8 Å². The molecule has 0 aliphatic heterocycles. The van der Waals surface area contributed by atoms with E-state index in [4.69, 9.17) is 11.6 Å². The van der Waals surface area contributed by atoms with Gasteiger partial charge in [-0.1, -0.05) is 29.8 Å². The Kier molecular flexibility index (Phi) is 8.21.